The molecule has 4 rings (SSSR count). The maximum atomic E-state index is 13.7. The van der Waals surface area contributed by atoms with Crippen LogP contribution in [0.25, 0.3) is 21.9 Å². The first kappa shape index (κ1) is 21.5. The quantitative estimate of drug-likeness (QED) is 0.513. The molecule has 2 heterocycles. The number of halogens is 3. The standard InChI is InChI=1S/C22H20F3N5O2/c1-13-7-8-18-15(9-13)19(31)10-20(22(23,24)25)29(18)11-14(2)26-21(32)12-30-27-16-5-3-4-6-17(16)28-30/h3-10,14H,11-12H2,1-2H3,(H,26,32)/t14-/m1/s1. The van der Waals surface area contributed by atoms with E-state index in [2.05, 4.69) is 15.5 Å². The summed E-state index contributed by atoms with van der Waals surface area (Å²) < 4.78 is 42.0. The molecule has 1 N–H and O–H groups in total. The van der Waals surface area contributed by atoms with Gasteiger partial charge >= 0.3 is 6.18 Å². The SMILES string of the molecule is Cc1ccc2c(c1)c(=O)cc(C(F)(F)F)n2C[C@@H](C)NC(=O)Cn1nc2ccccc2n1. The largest absolute Gasteiger partial charge is 0.431 e. The lowest BCUT2D eigenvalue weighted by molar-refractivity contribution is -0.143. The summed E-state index contributed by atoms with van der Waals surface area (Å²) in [6, 6.07) is 11.8. The second-order valence-electron chi connectivity index (χ2n) is 7.71. The molecule has 7 nitrogen and oxygen atoms in total. The van der Waals surface area contributed by atoms with E-state index in [1.807, 2.05) is 0 Å². The number of rotatable bonds is 5. The fourth-order valence-electron chi connectivity index (χ4n) is 3.67. The predicted molar refractivity (Wildman–Crippen MR) is 113 cm³/mol. The Hall–Kier alpha value is -3.69. The topological polar surface area (TPSA) is 81.8 Å². The monoisotopic (exact) mass is 443 g/mol. The summed E-state index contributed by atoms with van der Waals surface area (Å²) in [6.45, 7) is 3.02. The van der Waals surface area contributed by atoms with E-state index in [0.717, 1.165) is 10.1 Å². The normalized spacial score (nSPS) is 12.9. The first-order chi connectivity index (χ1) is 15.1. The zero-order valence-corrected chi connectivity index (χ0v) is 17.3. The van der Waals surface area contributed by atoms with Crippen molar-refractivity contribution in [3.05, 3.63) is 70.0 Å². The van der Waals surface area contributed by atoms with Crippen molar-refractivity contribution in [3.8, 4) is 0 Å². The lowest BCUT2D eigenvalue weighted by atomic mass is 10.1. The Morgan fingerprint density at radius 1 is 1.09 bits per heavy atom. The van der Waals surface area contributed by atoms with Crippen LogP contribution in [0.15, 0.2) is 53.3 Å². The molecule has 10 heteroatoms. The van der Waals surface area contributed by atoms with E-state index in [1.54, 1.807) is 50.2 Å². The Kier molecular flexibility index (Phi) is 5.45. The number of hydrogen-bond donors (Lipinski definition) is 1. The van der Waals surface area contributed by atoms with Crippen LogP contribution in [0.4, 0.5) is 13.2 Å². The molecular weight excluding hydrogens is 423 g/mol. The van der Waals surface area contributed by atoms with E-state index in [9.17, 15) is 22.8 Å². The van der Waals surface area contributed by atoms with Crippen molar-refractivity contribution in [1.82, 2.24) is 24.9 Å². The molecule has 0 aliphatic carbocycles. The zero-order chi connectivity index (χ0) is 23.0. The molecule has 0 aliphatic heterocycles. The van der Waals surface area contributed by atoms with Crippen molar-refractivity contribution < 1.29 is 18.0 Å². The Balaban J connectivity index is 1.58. The minimum atomic E-state index is -4.72. The number of benzene rings is 2. The number of aromatic nitrogens is 4. The number of alkyl halides is 3. The molecule has 4 aromatic rings. The van der Waals surface area contributed by atoms with Crippen LogP contribution in [0, 0.1) is 6.92 Å². The van der Waals surface area contributed by atoms with Crippen LogP contribution in [0.3, 0.4) is 0 Å². The molecule has 0 bridgehead atoms. The molecule has 0 fully saturated rings. The molecule has 2 aromatic heterocycles. The van der Waals surface area contributed by atoms with Crippen LogP contribution in [-0.2, 0) is 24.1 Å². The highest BCUT2D eigenvalue weighted by Gasteiger charge is 2.35. The summed E-state index contributed by atoms with van der Waals surface area (Å²) in [5.74, 6) is -0.437. The fraction of sp³-hybridized carbons (Fsp3) is 0.273. The van der Waals surface area contributed by atoms with E-state index in [4.69, 9.17) is 0 Å². The summed E-state index contributed by atoms with van der Waals surface area (Å²) in [5, 5.41) is 11.3. The lowest BCUT2D eigenvalue weighted by Gasteiger charge is -2.22. The molecule has 32 heavy (non-hydrogen) atoms. The van der Waals surface area contributed by atoms with E-state index >= 15 is 0 Å². The van der Waals surface area contributed by atoms with Crippen molar-refractivity contribution in [2.24, 2.45) is 0 Å². The summed E-state index contributed by atoms with van der Waals surface area (Å²) in [4.78, 5) is 26.0. The Labute approximate surface area is 180 Å². The van der Waals surface area contributed by atoms with Gasteiger partial charge < -0.3 is 9.88 Å². The van der Waals surface area contributed by atoms with Gasteiger partial charge in [-0.05, 0) is 38.1 Å². The lowest BCUT2D eigenvalue weighted by Crippen LogP contribution is -2.39. The second kappa shape index (κ2) is 8.10. The maximum absolute atomic E-state index is 13.7. The molecule has 2 aromatic carbocycles. The number of amides is 1. The average molecular weight is 443 g/mol. The molecule has 0 unspecified atom stereocenters. The van der Waals surface area contributed by atoms with Gasteiger partial charge in [-0.3, -0.25) is 9.59 Å². The van der Waals surface area contributed by atoms with Crippen LogP contribution in [0.2, 0.25) is 0 Å². The Morgan fingerprint density at radius 3 is 2.38 bits per heavy atom. The van der Waals surface area contributed by atoms with Crippen LogP contribution in [0.1, 0.15) is 18.2 Å². The van der Waals surface area contributed by atoms with Crippen molar-refractivity contribution in [2.75, 3.05) is 0 Å². The second-order valence-corrected chi connectivity index (χ2v) is 7.71. The third-order valence-electron chi connectivity index (χ3n) is 5.03. The Bertz CT molecular complexity index is 1340. The van der Waals surface area contributed by atoms with Crippen molar-refractivity contribution >= 4 is 27.8 Å². The van der Waals surface area contributed by atoms with Crippen molar-refractivity contribution in [2.45, 2.75) is 39.2 Å². The fourth-order valence-corrected chi connectivity index (χ4v) is 3.67. The number of carbonyl (C=O) groups is 1. The van der Waals surface area contributed by atoms with Crippen molar-refractivity contribution in [1.29, 1.82) is 0 Å². The number of carbonyl (C=O) groups excluding carboxylic acids is 1. The summed E-state index contributed by atoms with van der Waals surface area (Å²) >= 11 is 0. The molecular formula is C22H20F3N5O2. The van der Waals surface area contributed by atoms with Crippen LogP contribution < -0.4 is 10.7 Å². The average Bonchev–Trinajstić information content (AvgIpc) is 3.11. The number of nitrogens with zero attached hydrogens (tertiary/aromatic N) is 4. The van der Waals surface area contributed by atoms with Crippen LogP contribution >= 0.6 is 0 Å². The van der Waals surface area contributed by atoms with E-state index in [1.165, 1.54) is 10.9 Å². The van der Waals surface area contributed by atoms with Gasteiger partial charge in [0.2, 0.25) is 5.91 Å². The molecule has 0 aliphatic rings. The van der Waals surface area contributed by atoms with E-state index in [0.29, 0.717) is 17.1 Å². The van der Waals surface area contributed by atoms with Gasteiger partial charge in [-0.2, -0.15) is 28.2 Å². The van der Waals surface area contributed by atoms with Gasteiger partial charge in [0.1, 0.15) is 23.3 Å². The minimum Gasteiger partial charge on any atom is -0.350 e. The first-order valence-corrected chi connectivity index (χ1v) is 9.92. The highest BCUT2D eigenvalue weighted by Crippen LogP contribution is 2.30. The van der Waals surface area contributed by atoms with Gasteiger partial charge in [0.05, 0.1) is 5.52 Å². The van der Waals surface area contributed by atoms with Gasteiger partial charge in [0, 0.05) is 24.0 Å². The highest BCUT2D eigenvalue weighted by molar-refractivity contribution is 5.80. The molecule has 0 saturated carbocycles. The molecule has 0 saturated heterocycles. The number of aryl methyl sites for hydroxylation is 1. The van der Waals surface area contributed by atoms with Gasteiger partial charge in [-0.25, -0.2) is 0 Å². The van der Waals surface area contributed by atoms with Gasteiger partial charge in [-0.1, -0.05) is 23.8 Å². The summed E-state index contributed by atoms with van der Waals surface area (Å²) in [5.41, 5.74) is 0.454. The van der Waals surface area contributed by atoms with Crippen LogP contribution in [-0.4, -0.2) is 31.5 Å². The number of fused-ring (bicyclic) bond motifs is 2. The molecule has 0 radical (unpaired) electrons. The van der Waals surface area contributed by atoms with E-state index < -0.39 is 29.2 Å². The third kappa shape index (κ3) is 4.34. The molecule has 1 atom stereocenters. The number of pyridine rings is 1. The highest BCUT2D eigenvalue weighted by atomic mass is 19.4. The predicted octanol–water partition coefficient (Wildman–Crippen LogP) is 3.28. The Morgan fingerprint density at radius 2 is 1.75 bits per heavy atom. The number of hydrogen-bond acceptors (Lipinski definition) is 4. The number of nitrogens with one attached hydrogen (secondary N) is 1. The summed E-state index contributed by atoms with van der Waals surface area (Å²) in [7, 11) is 0. The first-order valence-electron chi connectivity index (χ1n) is 9.92. The van der Waals surface area contributed by atoms with Gasteiger partial charge in [-0.15, -0.1) is 0 Å². The van der Waals surface area contributed by atoms with Gasteiger partial charge in [0.15, 0.2) is 5.43 Å². The van der Waals surface area contributed by atoms with Crippen molar-refractivity contribution in [3.63, 3.8) is 0 Å². The van der Waals surface area contributed by atoms with E-state index in [-0.39, 0.29) is 24.0 Å². The molecule has 166 valence electrons. The van der Waals surface area contributed by atoms with Gasteiger partial charge in [0.25, 0.3) is 0 Å². The summed E-state index contributed by atoms with van der Waals surface area (Å²) in [6.07, 6.45) is -4.72. The smallest absolute Gasteiger partial charge is 0.350 e. The zero-order valence-electron chi connectivity index (χ0n) is 17.3. The van der Waals surface area contributed by atoms with Crippen LogP contribution in [0.5, 0.6) is 0 Å². The molecule has 0 spiro atoms. The minimum absolute atomic E-state index is 0.163. The maximum Gasteiger partial charge on any atom is 0.431 e. The molecule has 1 amide bonds. The third-order valence-corrected chi connectivity index (χ3v) is 5.03.